The molecule has 1 N–H and O–H groups in total. The minimum absolute atomic E-state index is 0.188. The number of hydrogen-bond acceptors (Lipinski definition) is 3. The third-order valence-corrected chi connectivity index (χ3v) is 4.21. The van der Waals surface area contributed by atoms with Crippen LogP contribution in [0.25, 0.3) is 0 Å². The number of ether oxygens (including phenoxy) is 1. The van der Waals surface area contributed by atoms with Crippen LogP contribution in [-0.2, 0) is 10.2 Å². The van der Waals surface area contributed by atoms with Gasteiger partial charge in [-0.05, 0) is 45.6 Å². The molecule has 1 aromatic carbocycles. The number of aliphatic hydroxyl groups excluding tert-OH is 1. The van der Waals surface area contributed by atoms with Crippen molar-refractivity contribution in [2.24, 2.45) is 0 Å². The van der Waals surface area contributed by atoms with Crippen molar-refractivity contribution in [3.63, 3.8) is 0 Å². The van der Waals surface area contributed by atoms with Gasteiger partial charge in [0.25, 0.3) is 0 Å². The SMILES string of the molecule is CN(CC1(c2ccccc2)CCC(O)C1)C(=O)OC(C)(C)C. The molecule has 1 aliphatic carbocycles. The molecule has 0 heterocycles. The van der Waals surface area contributed by atoms with Gasteiger partial charge >= 0.3 is 6.09 Å². The Morgan fingerprint density at radius 3 is 2.50 bits per heavy atom. The zero-order valence-electron chi connectivity index (χ0n) is 14.0. The lowest BCUT2D eigenvalue weighted by Crippen LogP contribution is -2.43. The number of amides is 1. The summed E-state index contributed by atoms with van der Waals surface area (Å²) in [6.07, 6.45) is 1.73. The van der Waals surface area contributed by atoms with Crippen molar-refractivity contribution in [3.8, 4) is 0 Å². The topological polar surface area (TPSA) is 49.8 Å². The summed E-state index contributed by atoms with van der Waals surface area (Å²) >= 11 is 0. The van der Waals surface area contributed by atoms with Gasteiger partial charge in [-0.2, -0.15) is 0 Å². The largest absolute Gasteiger partial charge is 0.444 e. The monoisotopic (exact) mass is 305 g/mol. The lowest BCUT2D eigenvalue weighted by molar-refractivity contribution is 0.0253. The summed E-state index contributed by atoms with van der Waals surface area (Å²) in [4.78, 5) is 13.9. The van der Waals surface area contributed by atoms with Crippen molar-refractivity contribution < 1.29 is 14.6 Å². The van der Waals surface area contributed by atoms with E-state index in [2.05, 4.69) is 12.1 Å². The summed E-state index contributed by atoms with van der Waals surface area (Å²) in [5, 5.41) is 10.0. The van der Waals surface area contributed by atoms with Gasteiger partial charge in [0, 0.05) is 19.0 Å². The molecular weight excluding hydrogens is 278 g/mol. The van der Waals surface area contributed by atoms with Crippen molar-refractivity contribution in [1.82, 2.24) is 4.90 Å². The normalized spacial score (nSPS) is 25.0. The van der Waals surface area contributed by atoms with Crippen LogP contribution in [0, 0.1) is 0 Å². The van der Waals surface area contributed by atoms with Gasteiger partial charge in [0.1, 0.15) is 5.60 Å². The number of rotatable bonds is 3. The van der Waals surface area contributed by atoms with E-state index in [9.17, 15) is 9.90 Å². The van der Waals surface area contributed by atoms with Gasteiger partial charge in [0.2, 0.25) is 0 Å². The number of nitrogens with zero attached hydrogens (tertiary/aromatic N) is 1. The third kappa shape index (κ3) is 4.01. The maximum Gasteiger partial charge on any atom is 0.410 e. The molecule has 1 fully saturated rings. The highest BCUT2D eigenvalue weighted by Gasteiger charge is 2.41. The number of benzene rings is 1. The first-order valence-corrected chi connectivity index (χ1v) is 7.90. The molecule has 2 rings (SSSR count). The average molecular weight is 305 g/mol. The van der Waals surface area contributed by atoms with Gasteiger partial charge in [-0.3, -0.25) is 0 Å². The van der Waals surface area contributed by atoms with Gasteiger partial charge in [0.05, 0.1) is 6.10 Å². The third-order valence-electron chi connectivity index (χ3n) is 4.21. The van der Waals surface area contributed by atoms with Crippen LogP contribution in [0.4, 0.5) is 4.79 Å². The van der Waals surface area contributed by atoms with Gasteiger partial charge in [0.15, 0.2) is 0 Å². The molecule has 0 aromatic heterocycles. The van der Waals surface area contributed by atoms with Gasteiger partial charge < -0.3 is 14.7 Å². The average Bonchev–Trinajstić information content (AvgIpc) is 2.80. The first kappa shape index (κ1) is 16.8. The Labute approximate surface area is 133 Å². The van der Waals surface area contributed by atoms with E-state index in [0.29, 0.717) is 13.0 Å². The summed E-state index contributed by atoms with van der Waals surface area (Å²) in [6, 6.07) is 10.2. The van der Waals surface area contributed by atoms with Crippen LogP contribution >= 0.6 is 0 Å². The Hall–Kier alpha value is -1.55. The van der Waals surface area contributed by atoms with Crippen molar-refractivity contribution in [2.75, 3.05) is 13.6 Å². The highest BCUT2D eigenvalue weighted by molar-refractivity contribution is 5.68. The minimum Gasteiger partial charge on any atom is -0.444 e. The molecule has 122 valence electrons. The first-order valence-electron chi connectivity index (χ1n) is 7.90. The maximum absolute atomic E-state index is 12.2. The molecule has 1 amide bonds. The summed E-state index contributed by atoms with van der Waals surface area (Å²) in [5.74, 6) is 0. The molecule has 0 aliphatic heterocycles. The van der Waals surface area contributed by atoms with Crippen molar-refractivity contribution in [2.45, 2.75) is 57.2 Å². The zero-order valence-corrected chi connectivity index (χ0v) is 14.0. The molecule has 22 heavy (non-hydrogen) atoms. The fourth-order valence-electron chi connectivity index (χ4n) is 3.25. The minimum atomic E-state index is -0.500. The lowest BCUT2D eigenvalue weighted by Gasteiger charge is -2.35. The Morgan fingerprint density at radius 2 is 2.00 bits per heavy atom. The van der Waals surface area contributed by atoms with Crippen LogP contribution in [-0.4, -0.2) is 41.4 Å². The second-order valence-electron chi connectivity index (χ2n) is 7.38. The van der Waals surface area contributed by atoms with Gasteiger partial charge in [-0.15, -0.1) is 0 Å². The number of carbonyl (C=O) groups is 1. The quantitative estimate of drug-likeness (QED) is 0.932. The highest BCUT2D eigenvalue weighted by Crippen LogP contribution is 2.41. The van der Waals surface area contributed by atoms with E-state index in [1.165, 1.54) is 5.56 Å². The Morgan fingerprint density at radius 1 is 1.36 bits per heavy atom. The summed E-state index contributed by atoms with van der Waals surface area (Å²) in [5.41, 5.74) is 0.495. The number of likely N-dealkylation sites (N-methyl/N-ethyl adjacent to an activating group) is 1. The summed E-state index contributed by atoms with van der Waals surface area (Å²) in [7, 11) is 1.77. The van der Waals surface area contributed by atoms with Gasteiger partial charge in [-0.25, -0.2) is 4.79 Å². The molecule has 0 radical (unpaired) electrons. The van der Waals surface area contributed by atoms with E-state index in [4.69, 9.17) is 4.74 Å². The van der Waals surface area contributed by atoms with E-state index >= 15 is 0 Å². The molecule has 1 aliphatic rings. The Bertz CT molecular complexity index is 509. The van der Waals surface area contributed by atoms with E-state index in [1.807, 2.05) is 39.0 Å². The van der Waals surface area contributed by atoms with Crippen LogP contribution < -0.4 is 0 Å². The number of carbonyl (C=O) groups excluding carboxylic acids is 1. The molecule has 1 saturated carbocycles. The van der Waals surface area contributed by atoms with Crippen molar-refractivity contribution in [1.29, 1.82) is 0 Å². The van der Waals surface area contributed by atoms with Gasteiger partial charge in [-0.1, -0.05) is 30.3 Å². The second kappa shape index (κ2) is 6.29. The standard InChI is InChI=1S/C18H27NO3/c1-17(2,3)22-16(21)19(4)13-18(11-10-15(20)12-18)14-8-6-5-7-9-14/h5-9,15,20H,10-13H2,1-4H3. The van der Waals surface area contributed by atoms with Crippen molar-refractivity contribution in [3.05, 3.63) is 35.9 Å². The highest BCUT2D eigenvalue weighted by atomic mass is 16.6. The predicted molar refractivity (Wildman–Crippen MR) is 86.8 cm³/mol. The Kier molecular flexibility index (Phi) is 4.81. The molecule has 2 unspecified atom stereocenters. The van der Waals surface area contributed by atoms with Crippen molar-refractivity contribution >= 4 is 6.09 Å². The van der Waals surface area contributed by atoms with E-state index in [1.54, 1.807) is 11.9 Å². The molecular formula is C18H27NO3. The Balaban J connectivity index is 2.16. The van der Waals surface area contributed by atoms with E-state index in [-0.39, 0.29) is 17.6 Å². The van der Waals surface area contributed by atoms with Crippen LogP contribution in [0.15, 0.2) is 30.3 Å². The van der Waals surface area contributed by atoms with Crippen LogP contribution in [0.2, 0.25) is 0 Å². The maximum atomic E-state index is 12.2. The smallest absolute Gasteiger partial charge is 0.410 e. The second-order valence-corrected chi connectivity index (χ2v) is 7.38. The van der Waals surface area contributed by atoms with E-state index < -0.39 is 5.60 Å². The zero-order chi connectivity index (χ0) is 16.4. The summed E-state index contributed by atoms with van der Waals surface area (Å²) < 4.78 is 5.44. The summed E-state index contributed by atoms with van der Waals surface area (Å²) in [6.45, 7) is 6.16. The number of hydrogen-bond donors (Lipinski definition) is 1. The molecule has 2 atom stereocenters. The van der Waals surface area contributed by atoms with E-state index in [0.717, 1.165) is 12.8 Å². The molecule has 0 spiro atoms. The fourth-order valence-corrected chi connectivity index (χ4v) is 3.25. The number of aliphatic hydroxyl groups is 1. The molecule has 4 heteroatoms. The van der Waals surface area contributed by atoms with Crippen LogP contribution in [0.3, 0.4) is 0 Å². The fraction of sp³-hybridized carbons (Fsp3) is 0.611. The molecule has 4 nitrogen and oxygen atoms in total. The van der Waals surface area contributed by atoms with Crippen LogP contribution in [0.5, 0.6) is 0 Å². The molecule has 0 bridgehead atoms. The molecule has 1 aromatic rings. The molecule has 0 saturated heterocycles. The predicted octanol–water partition coefficient (Wildman–Crippen LogP) is 3.34. The van der Waals surface area contributed by atoms with Crippen LogP contribution in [0.1, 0.15) is 45.6 Å². The first-order chi connectivity index (χ1) is 10.2. The lowest BCUT2D eigenvalue weighted by atomic mass is 9.78.